The largest absolute Gasteiger partial charge is 0.482 e. The Hall–Kier alpha value is -5.29. The molecular weight excluding hydrogens is 859 g/mol. The van der Waals surface area contributed by atoms with Gasteiger partial charge in [-0.05, 0) is 105 Å². The molecule has 356 valence electrons. The molecule has 1 spiro atoms. The van der Waals surface area contributed by atoms with E-state index in [-0.39, 0.29) is 23.9 Å². The fourth-order valence-electron chi connectivity index (χ4n) is 12.0. The Kier molecular flexibility index (Phi) is 10.8. The number of imidazole rings is 1. The van der Waals surface area contributed by atoms with Crippen LogP contribution in [0.2, 0.25) is 0 Å². The molecule has 11 atom stereocenters. The molecule has 11 rings (SSSR count). The summed E-state index contributed by atoms with van der Waals surface area (Å²) >= 11 is 0. The summed E-state index contributed by atoms with van der Waals surface area (Å²) in [4.78, 5) is 34.0. The number of anilines is 1. The zero-order valence-electron chi connectivity index (χ0n) is 39.5. The summed E-state index contributed by atoms with van der Waals surface area (Å²) in [6.45, 7) is 15.2. The van der Waals surface area contributed by atoms with Crippen LogP contribution in [0.1, 0.15) is 104 Å². The third kappa shape index (κ3) is 6.55. The van der Waals surface area contributed by atoms with E-state index in [1.165, 1.54) is 12.7 Å². The summed E-state index contributed by atoms with van der Waals surface area (Å²) in [5.41, 5.74) is 2.22. The van der Waals surface area contributed by atoms with Crippen molar-refractivity contribution in [2.45, 2.75) is 147 Å². The van der Waals surface area contributed by atoms with Crippen LogP contribution in [-0.2, 0) is 30.2 Å². The normalized spacial score (nSPS) is 33.7. The highest BCUT2D eigenvalue weighted by Gasteiger charge is 2.84. The summed E-state index contributed by atoms with van der Waals surface area (Å²) in [6.07, 6.45) is 4.13. The number of allylic oxidation sites excluding steroid dienone is 4. The average Bonchev–Trinajstić information content (AvgIpc) is 3.73. The highest BCUT2D eigenvalue weighted by molar-refractivity contribution is 6.03. The van der Waals surface area contributed by atoms with Crippen LogP contribution >= 0.6 is 0 Å². The summed E-state index contributed by atoms with van der Waals surface area (Å²) in [5.74, 6) is -0.184. The summed E-state index contributed by atoms with van der Waals surface area (Å²) in [5, 5.41) is 47.5. The second-order valence-corrected chi connectivity index (χ2v) is 20.5. The monoisotopic (exact) mass is 919 g/mol. The Balaban J connectivity index is 1.30. The highest BCUT2D eigenvalue weighted by atomic mass is 16.7. The third-order valence-electron chi connectivity index (χ3n) is 15.2. The molecule has 5 fully saturated rings. The molecule has 6 unspecified atom stereocenters. The Morgan fingerprint density at radius 2 is 1.73 bits per heavy atom. The molecule has 3 saturated carbocycles. The summed E-state index contributed by atoms with van der Waals surface area (Å²) in [7, 11) is 1.32. The number of ether oxygens (including phenoxy) is 6. The number of aliphatic hydroxyl groups excluding tert-OH is 4. The maximum Gasteiger partial charge on any atom is 0.333 e. The van der Waals surface area contributed by atoms with E-state index in [1.807, 2.05) is 71.0 Å². The molecule has 6 heterocycles. The number of benzene rings is 2. The minimum absolute atomic E-state index is 0.00368. The van der Waals surface area contributed by atoms with Crippen molar-refractivity contribution in [3.05, 3.63) is 87.6 Å². The zero-order valence-corrected chi connectivity index (χ0v) is 39.5. The lowest BCUT2D eigenvalue weighted by Gasteiger charge is -2.62. The first kappa shape index (κ1) is 45.5. The fourth-order valence-corrected chi connectivity index (χ4v) is 12.0. The van der Waals surface area contributed by atoms with E-state index in [0.29, 0.717) is 64.7 Å². The molecule has 0 radical (unpaired) electrons. The van der Waals surface area contributed by atoms with Crippen LogP contribution in [0.15, 0.2) is 70.9 Å². The summed E-state index contributed by atoms with van der Waals surface area (Å²) in [6, 6.07) is 7.18. The molecule has 15 nitrogen and oxygen atoms in total. The number of aromatic nitrogens is 2. The number of carbonyl (C=O) groups is 2. The molecular formula is C52H61N3O12. The van der Waals surface area contributed by atoms with Gasteiger partial charge in [0.25, 0.3) is 0 Å². The van der Waals surface area contributed by atoms with Crippen molar-refractivity contribution in [1.29, 1.82) is 0 Å². The lowest BCUT2D eigenvalue weighted by molar-refractivity contribution is -0.277. The standard InChI is InChI=1S/C52H61N3O12/c1-25(2)13-12-20-50(8)21-19-29-42(65-50)28(17-16-26(3)4)44-35(43(29)64-47-41(59)40(58)39(57)33(24-56)63-47)37-36-38(55-32-15-11-10-14-31(32)53-48(55)54-37)30-23-34-49(6,7)67-51(45(30)60,52(34,36)66-44)22-18-27(5)46(61)62-9/h10-11,13-16,18-19,21,30,33-34,38-41,47,56-59H,12,17,20,22-24H2,1-9H3,(H,53,54)/b27-18-/t30?,33-,34?,38?,39-,40+,41-,47+,50?,51?,52?/m1/s1. The Labute approximate surface area is 389 Å². The number of esters is 1. The second-order valence-electron chi connectivity index (χ2n) is 20.5. The number of fused-ring (bicyclic) bond motifs is 6. The smallest absolute Gasteiger partial charge is 0.333 e. The maximum atomic E-state index is 15.9. The number of hydrogen-bond donors (Lipinski definition) is 5. The second kappa shape index (κ2) is 15.9. The first-order valence-corrected chi connectivity index (χ1v) is 23.3. The molecule has 1 aromatic heterocycles. The van der Waals surface area contributed by atoms with Crippen molar-refractivity contribution < 1.29 is 58.4 Å². The molecule has 4 bridgehead atoms. The van der Waals surface area contributed by atoms with E-state index in [4.69, 9.17) is 33.4 Å². The fraction of sp³-hybridized carbons (Fsp3) is 0.519. The quantitative estimate of drug-likeness (QED) is 0.0802. The van der Waals surface area contributed by atoms with Gasteiger partial charge < -0.3 is 58.7 Å². The Morgan fingerprint density at radius 3 is 2.45 bits per heavy atom. The average molecular weight is 920 g/mol. The van der Waals surface area contributed by atoms with E-state index in [0.717, 1.165) is 28.6 Å². The molecule has 3 aromatic rings. The van der Waals surface area contributed by atoms with E-state index in [1.54, 1.807) is 13.0 Å². The Bertz CT molecular complexity index is 2750. The third-order valence-corrected chi connectivity index (χ3v) is 15.2. The van der Waals surface area contributed by atoms with Crippen molar-refractivity contribution in [3.63, 3.8) is 0 Å². The number of ketones is 1. The minimum atomic E-state index is -1.75. The van der Waals surface area contributed by atoms with Crippen LogP contribution in [0.4, 0.5) is 5.95 Å². The SMILES string of the molecule is COC(=O)/C(C)=C\CC12OC(C)(C)C3CC(C1=O)C1C4=C(Nc5nc6ccccc6n51)c1c(O[C@@H]5O[C@H](CO)[C@@H](O)[C@H](O)[C@H]5O)c5c(c(CC=C(C)C)c1OC432)OC(C)(CCC=C(C)C)C=C5. The van der Waals surface area contributed by atoms with Gasteiger partial charge >= 0.3 is 5.97 Å². The number of methoxy groups -OCH3 is 1. The number of nitrogens with zero attached hydrogens (tertiary/aromatic N) is 2. The molecule has 5 aliphatic heterocycles. The first-order valence-electron chi connectivity index (χ1n) is 23.3. The van der Waals surface area contributed by atoms with Gasteiger partial charge in [0.2, 0.25) is 12.2 Å². The van der Waals surface area contributed by atoms with Gasteiger partial charge in [0, 0.05) is 35.0 Å². The number of aliphatic hydroxyl groups is 4. The predicted molar refractivity (Wildman–Crippen MR) is 248 cm³/mol. The van der Waals surface area contributed by atoms with Gasteiger partial charge in [-0.15, -0.1) is 0 Å². The van der Waals surface area contributed by atoms with E-state index in [2.05, 4.69) is 35.9 Å². The van der Waals surface area contributed by atoms with Gasteiger partial charge in [-0.25, -0.2) is 9.78 Å². The maximum absolute atomic E-state index is 15.9. The lowest BCUT2D eigenvalue weighted by atomic mass is 9.47. The number of hydrogen-bond acceptors (Lipinski definition) is 14. The van der Waals surface area contributed by atoms with Crippen molar-refractivity contribution in [2.24, 2.45) is 11.8 Å². The lowest BCUT2D eigenvalue weighted by Crippen LogP contribution is -2.75. The molecule has 8 aliphatic rings. The zero-order chi connectivity index (χ0) is 47.7. The Morgan fingerprint density at radius 1 is 0.985 bits per heavy atom. The molecule has 15 heteroatoms. The number of carbonyl (C=O) groups excluding carboxylic acids is 2. The van der Waals surface area contributed by atoms with Gasteiger partial charge in [0.05, 0.1) is 53.2 Å². The van der Waals surface area contributed by atoms with Crippen molar-refractivity contribution in [1.82, 2.24) is 9.55 Å². The number of nitrogens with one attached hydrogen (secondary N) is 1. The topological polar surface area (TPSA) is 200 Å². The van der Waals surface area contributed by atoms with Crippen LogP contribution in [0.5, 0.6) is 17.2 Å². The molecule has 3 aliphatic carbocycles. The van der Waals surface area contributed by atoms with Gasteiger partial charge in [-0.3, -0.25) is 4.79 Å². The number of para-hydroxylation sites is 2. The van der Waals surface area contributed by atoms with Crippen molar-refractivity contribution >= 4 is 40.5 Å². The van der Waals surface area contributed by atoms with Gasteiger partial charge in [-0.1, -0.05) is 41.5 Å². The van der Waals surface area contributed by atoms with E-state index in [9.17, 15) is 25.2 Å². The van der Waals surface area contributed by atoms with Crippen molar-refractivity contribution in [2.75, 3.05) is 19.0 Å². The number of rotatable bonds is 11. The summed E-state index contributed by atoms with van der Waals surface area (Å²) < 4.78 is 42.6. The molecule has 67 heavy (non-hydrogen) atoms. The molecule has 2 saturated heterocycles. The van der Waals surface area contributed by atoms with E-state index < -0.39 is 77.6 Å². The molecule has 5 N–H and O–H groups in total. The van der Waals surface area contributed by atoms with Crippen LogP contribution < -0.4 is 19.5 Å². The van der Waals surface area contributed by atoms with Crippen LogP contribution in [0, 0.1) is 11.8 Å². The van der Waals surface area contributed by atoms with Crippen LogP contribution in [0.25, 0.3) is 22.8 Å². The van der Waals surface area contributed by atoms with E-state index >= 15 is 4.79 Å². The van der Waals surface area contributed by atoms with Crippen molar-refractivity contribution in [3.8, 4) is 17.2 Å². The van der Waals surface area contributed by atoms with Gasteiger partial charge in [0.1, 0.15) is 47.3 Å². The number of Topliss-reactive ketones (excluding diaryl/α,β-unsaturated/α-hetero) is 1. The van der Waals surface area contributed by atoms with Crippen LogP contribution in [0.3, 0.4) is 0 Å². The molecule has 0 amide bonds. The van der Waals surface area contributed by atoms with Gasteiger partial charge in [0.15, 0.2) is 17.0 Å². The minimum Gasteiger partial charge on any atom is -0.482 e. The first-order chi connectivity index (χ1) is 31.8. The predicted octanol–water partition coefficient (Wildman–Crippen LogP) is 6.42. The van der Waals surface area contributed by atoms with Crippen LogP contribution in [-0.4, -0.2) is 109 Å². The van der Waals surface area contributed by atoms with Gasteiger partial charge in [-0.2, -0.15) is 0 Å². The highest BCUT2D eigenvalue weighted by Crippen LogP contribution is 2.74. The molecule has 2 aromatic carbocycles.